The molecule has 6 heteroatoms. The number of benzene rings is 1. The SMILES string of the molecule is COc1ccc(-c2cc(S(=O)(=O)[O-])c3ccc(C(C)C)ccc2-3)cc1.[Na+]. The van der Waals surface area contributed by atoms with E-state index in [9.17, 15) is 13.0 Å². The van der Waals surface area contributed by atoms with Crippen LogP contribution in [0.3, 0.4) is 0 Å². The maximum Gasteiger partial charge on any atom is 1.00 e. The van der Waals surface area contributed by atoms with Gasteiger partial charge in [-0.1, -0.05) is 50.2 Å². The number of hydrogen-bond acceptors (Lipinski definition) is 4. The predicted molar refractivity (Wildman–Crippen MR) is 97.1 cm³/mol. The Balaban J connectivity index is 0.00000243. The smallest absolute Gasteiger partial charge is 0.744 e. The summed E-state index contributed by atoms with van der Waals surface area (Å²) in [7, 11) is -2.98. The van der Waals surface area contributed by atoms with Crippen LogP contribution in [0.25, 0.3) is 22.3 Å². The Bertz CT molecular complexity index is 979. The summed E-state index contributed by atoms with van der Waals surface area (Å²) in [6.07, 6.45) is 0. The van der Waals surface area contributed by atoms with Crippen molar-refractivity contribution in [2.45, 2.75) is 24.7 Å². The largest absolute Gasteiger partial charge is 1.00 e. The van der Waals surface area contributed by atoms with Gasteiger partial charge in [-0.25, -0.2) is 8.42 Å². The Labute approximate surface area is 176 Å². The van der Waals surface area contributed by atoms with Crippen molar-refractivity contribution in [3.63, 3.8) is 0 Å². The molecule has 0 saturated heterocycles. The number of rotatable bonds is 4. The van der Waals surface area contributed by atoms with Crippen molar-refractivity contribution in [3.8, 4) is 28.0 Å². The molecule has 0 aliphatic heterocycles. The second-order valence-electron chi connectivity index (χ2n) is 6.25. The van der Waals surface area contributed by atoms with Gasteiger partial charge in [0, 0.05) is 0 Å². The van der Waals surface area contributed by atoms with Crippen molar-refractivity contribution in [3.05, 3.63) is 60.2 Å². The van der Waals surface area contributed by atoms with Crippen molar-refractivity contribution in [1.82, 2.24) is 0 Å². The second-order valence-corrected chi connectivity index (χ2v) is 7.60. The maximum atomic E-state index is 11.7. The molecule has 0 aromatic heterocycles. The van der Waals surface area contributed by atoms with Crippen molar-refractivity contribution >= 4 is 10.1 Å². The minimum atomic E-state index is -4.57. The van der Waals surface area contributed by atoms with Crippen molar-refractivity contribution in [2.24, 2.45) is 0 Å². The first-order valence-electron chi connectivity index (χ1n) is 7.98. The van der Waals surface area contributed by atoms with Gasteiger partial charge in [-0.2, -0.15) is 0 Å². The Kier molecular flexibility index (Phi) is 6.53. The molecule has 130 valence electrons. The van der Waals surface area contributed by atoms with Crippen LogP contribution in [0.1, 0.15) is 25.3 Å². The molecule has 26 heavy (non-hydrogen) atoms. The van der Waals surface area contributed by atoms with Crippen LogP contribution in [-0.2, 0) is 10.1 Å². The molecule has 0 amide bonds. The van der Waals surface area contributed by atoms with Crippen LogP contribution in [-0.4, -0.2) is 20.1 Å². The molecule has 2 aliphatic rings. The van der Waals surface area contributed by atoms with Crippen LogP contribution < -0.4 is 34.3 Å². The van der Waals surface area contributed by atoms with Crippen molar-refractivity contribution in [2.75, 3.05) is 7.11 Å². The van der Waals surface area contributed by atoms with E-state index < -0.39 is 10.1 Å². The van der Waals surface area contributed by atoms with Gasteiger partial charge >= 0.3 is 29.6 Å². The van der Waals surface area contributed by atoms with E-state index >= 15 is 0 Å². The van der Waals surface area contributed by atoms with Gasteiger partial charge in [-0.15, -0.1) is 0 Å². The van der Waals surface area contributed by atoms with Crippen LogP contribution in [0.5, 0.6) is 5.75 Å². The fourth-order valence-corrected chi connectivity index (χ4v) is 3.64. The van der Waals surface area contributed by atoms with Gasteiger partial charge in [-0.05, 0) is 51.9 Å². The minimum Gasteiger partial charge on any atom is -0.744 e. The Hall–Kier alpha value is -1.37. The van der Waals surface area contributed by atoms with Gasteiger partial charge in [0.25, 0.3) is 0 Å². The molecule has 1 aromatic rings. The van der Waals surface area contributed by atoms with E-state index in [0.29, 0.717) is 17.2 Å². The summed E-state index contributed by atoms with van der Waals surface area (Å²) in [5.74, 6) is 1.01. The average molecular weight is 378 g/mol. The van der Waals surface area contributed by atoms with Gasteiger partial charge in [-0.3, -0.25) is 0 Å². The van der Waals surface area contributed by atoms with Gasteiger partial charge in [0.2, 0.25) is 0 Å². The molecule has 0 spiro atoms. The van der Waals surface area contributed by atoms with E-state index in [0.717, 1.165) is 22.3 Å². The fraction of sp³-hybridized carbons (Fsp3) is 0.200. The maximum absolute atomic E-state index is 11.7. The Morgan fingerprint density at radius 3 is 1.96 bits per heavy atom. The molecule has 0 radical (unpaired) electrons. The normalized spacial score (nSPS) is 11.4. The van der Waals surface area contributed by atoms with E-state index in [4.69, 9.17) is 4.74 Å². The third-order valence-electron chi connectivity index (χ3n) is 4.34. The summed E-state index contributed by atoms with van der Waals surface area (Å²) in [6, 6.07) is 16.2. The summed E-state index contributed by atoms with van der Waals surface area (Å²) in [5.41, 5.74) is 3.82. The number of methoxy groups -OCH3 is 1. The molecule has 0 unspecified atom stereocenters. The van der Waals surface area contributed by atoms with E-state index in [1.165, 1.54) is 6.07 Å². The van der Waals surface area contributed by atoms with Crippen LogP contribution in [0.4, 0.5) is 0 Å². The molecular weight excluding hydrogens is 359 g/mol. The van der Waals surface area contributed by atoms with Crippen LogP contribution >= 0.6 is 0 Å². The van der Waals surface area contributed by atoms with Crippen LogP contribution in [0.15, 0.2) is 59.5 Å². The first-order chi connectivity index (χ1) is 11.8. The molecule has 0 N–H and O–H groups in total. The molecule has 0 saturated carbocycles. The molecule has 4 nitrogen and oxygen atoms in total. The summed E-state index contributed by atoms with van der Waals surface area (Å²) in [4.78, 5) is -0.181. The monoisotopic (exact) mass is 378 g/mol. The molecule has 0 bridgehead atoms. The third-order valence-corrected chi connectivity index (χ3v) is 5.22. The van der Waals surface area contributed by atoms with Crippen molar-refractivity contribution < 1.29 is 47.3 Å². The van der Waals surface area contributed by atoms with Gasteiger partial charge in [0.15, 0.2) is 0 Å². The molecule has 0 heterocycles. The first kappa shape index (κ1) is 20.9. The number of fused-ring (bicyclic) bond motifs is 1. The van der Waals surface area contributed by atoms with E-state index in [1.54, 1.807) is 13.2 Å². The molecule has 0 fully saturated rings. The third kappa shape index (κ3) is 4.13. The molecule has 0 atom stereocenters. The predicted octanol–water partition coefficient (Wildman–Crippen LogP) is 1.50. The summed E-state index contributed by atoms with van der Waals surface area (Å²) in [5, 5.41) is 0. The molecule has 1 aromatic carbocycles. The fourth-order valence-electron chi connectivity index (χ4n) is 2.93. The topological polar surface area (TPSA) is 66.4 Å². The standard InChI is InChI=1S/C20H20O4S.Na/c1-13(2)14-6-10-17-18(11-7-14)20(25(21,22)23)12-19(17)15-4-8-16(24-3)9-5-15;/h4-13H,1-3H3,(H,21,22,23);/q;+1/p-1. The zero-order valence-corrected chi connectivity index (χ0v) is 18.1. The van der Waals surface area contributed by atoms with E-state index in [1.807, 2.05) is 42.5 Å². The van der Waals surface area contributed by atoms with Gasteiger partial charge in [0.1, 0.15) is 15.9 Å². The van der Waals surface area contributed by atoms with Gasteiger partial charge < -0.3 is 9.29 Å². The minimum absolute atomic E-state index is 0. The van der Waals surface area contributed by atoms with E-state index in [2.05, 4.69) is 13.8 Å². The zero-order chi connectivity index (χ0) is 18.2. The zero-order valence-electron chi connectivity index (χ0n) is 15.3. The van der Waals surface area contributed by atoms with Crippen LogP contribution in [0.2, 0.25) is 0 Å². The number of ether oxygens (including phenoxy) is 1. The summed E-state index contributed by atoms with van der Waals surface area (Å²) < 4.78 is 40.4. The molecule has 2 aliphatic carbocycles. The second kappa shape index (κ2) is 8.11. The van der Waals surface area contributed by atoms with Gasteiger partial charge in [0.05, 0.1) is 12.0 Å². The quantitative estimate of drug-likeness (QED) is 0.510. The van der Waals surface area contributed by atoms with Crippen molar-refractivity contribution in [1.29, 1.82) is 0 Å². The van der Waals surface area contributed by atoms with E-state index in [-0.39, 0.29) is 34.5 Å². The van der Waals surface area contributed by atoms with Crippen LogP contribution in [0, 0.1) is 0 Å². The molecule has 3 rings (SSSR count). The first-order valence-corrected chi connectivity index (χ1v) is 9.39. The summed E-state index contributed by atoms with van der Waals surface area (Å²) >= 11 is 0. The number of hydrogen-bond donors (Lipinski definition) is 0. The average Bonchev–Trinajstić information content (AvgIpc) is 2.80. The Morgan fingerprint density at radius 1 is 0.885 bits per heavy atom. The summed E-state index contributed by atoms with van der Waals surface area (Å²) in [6.45, 7) is 4.13. The Morgan fingerprint density at radius 2 is 1.46 bits per heavy atom. The molecular formula is C20H19NaO4S.